The van der Waals surface area contributed by atoms with Crippen LogP contribution < -0.4 is 9.47 Å². The fourth-order valence-electron chi connectivity index (χ4n) is 2.99. The van der Waals surface area contributed by atoms with Crippen molar-refractivity contribution in [1.29, 1.82) is 0 Å². The van der Waals surface area contributed by atoms with Crippen LogP contribution in [0, 0.1) is 6.92 Å². The van der Waals surface area contributed by atoms with E-state index in [0.29, 0.717) is 35.8 Å². The summed E-state index contributed by atoms with van der Waals surface area (Å²) in [4.78, 5) is 12.7. The molecule has 0 bridgehead atoms. The molecule has 0 aliphatic heterocycles. The Labute approximate surface area is 176 Å². The van der Waals surface area contributed by atoms with Crippen molar-refractivity contribution in [2.24, 2.45) is 0 Å². The molecule has 3 rings (SSSR count). The highest BCUT2D eigenvalue weighted by atomic mass is 16.6. The summed E-state index contributed by atoms with van der Waals surface area (Å²) in [5, 5.41) is 10.0. The number of hydrogen-bond acceptors (Lipinski definition) is 5. The third kappa shape index (κ3) is 5.69. The Morgan fingerprint density at radius 1 is 0.900 bits per heavy atom. The van der Waals surface area contributed by atoms with Crippen molar-refractivity contribution in [2.75, 3.05) is 6.61 Å². The van der Waals surface area contributed by atoms with Crippen LogP contribution in [0.5, 0.6) is 11.5 Å². The molecule has 0 heterocycles. The SMILES string of the molecule is CCOC(O)C(=O)c1cc(OCc2ccccc2)cc(OCc2ccccc2)c1C. The van der Waals surface area contributed by atoms with Crippen LogP contribution >= 0.6 is 0 Å². The Kier molecular flexibility index (Phi) is 7.60. The van der Waals surface area contributed by atoms with Gasteiger partial charge in [0.2, 0.25) is 12.1 Å². The minimum absolute atomic E-state index is 0.230. The van der Waals surface area contributed by atoms with E-state index in [9.17, 15) is 9.90 Å². The zero-order valence-corrected chi connectivity index (χ0v) is 17.2. The largest absolute Gasteiger partial charge is 0.489 e. The lowest BCUT2D eigenvalue weighted by Gasteiger charge is -2.17. The lowest BCUT2D eigenvalue weighted by Crippen LogP contribution is -2.24. The summed E-state index contributed by atoms with van der Waals surface area (Å²) in [5.74, 6) is 0.486. The molecule has 30 heavy (non-hydrogen) atoms. The van der Waals surface area contributed by atoms with Gasteiger partial charge in [-0.3, -0.25) is 4.79 Å². The fraction of sp³-hybridized carbons (Fsp3) is 0.240. The molecule has 0 amide bonds. The summed E-state index contributed by atoms with van der Waals surface area (Å²) in [5.41, 5.74) is 2.95. The number of aliphatic hydroxyl groups excluding tert-OH is 1. The van der Waals surface area contributed by atoms with Gasteiger partial charge in [-0.2, -0.15) is 0 Å². The van der Waals surface area contributed by atoms with Gasteiger partial charge >= 0.3 is 0 Å². The van der Waals surface area contributed by atoms with Crippen LogP contribution in [0.25, 0.3) is 0 Å². The van der Waals surface area contributed by atoms with Crippen LogP contribution in [0.4, 0.5) is 0 Å². The Bertz CT molecular complexity index is 954. The Morgan fingerprint density at radius 2 is 1.47 bits per heavy atom. The number of Topliss-reactive ketones (excluding diaryl/α,β-unsaturated/α-hetero) is 1. The first-order chi connectivity index (χ1) is 14.6. The van der Waals surface area contributed by atoms with Crippen molar-refractivity contribution in [1.82, 2.24) is 0 Å². The first kappa shape index (κ1) is 21.6. The molecular weight excluding hydrogens is 380 g/mol. The zero-order valence-electron chi connectivity index (χ0n) is 17.2. The normalized spacial score (nSPS) is 11.7. The van der Waals surface area contributed by atoms with Gasteiger partial charge < -0.3 is 19.3 Å². The van der Waals surface area contributed by atoms with E-state index in [0.717, 1.165) is 11.1 Å². The highest BCUT2D eigenvalue weighted by Crippen LogP contribution is 2.30. The smallest absolute Gasteiger partial charge is 0.220 e. The predicted octanol–water partition coefficient (Wildman–Crippen LogP) is 4.69. The molecule has 0 aliphatic rings. The average molecular weight is 406 g/mol. The number of ketones is 1. The van der Waals surface area contributed by atoms with Gasteiger partial charge in [0.15, 0.2) is 0 Å². The van der Waals surface area contributed by atoms with Crippen LogP contribution in [-0.4, -0.2) is 23.8 Å². The van der Waals surface area contributed by atoms with E-state index in [1.54, 1.807) is 26.0 Å². The zero-order chi connectivity index (χ0) is 21.3. The van der Waals surface area contributed by atoms with Crippen molar-refractivity contribution in [3.8, 4) is 11.5 Å². The maximum Gasteiger partial charge on any atom is 0.220 e. The third-order valence-electron chi connectivity index (χ3n) is 4.63. The third-order valence-corrected chi connectivity index (χ3v) is 4.63. The number of carbonyl (C=O) groups is 1. The molecule has 0 aromatic heterocycles. The molecule has 0 saturated carbocycles. The molecule has 3 aromatic carbocycles. The summed E-state index contributed by atoms with van der Waals surface area (Å²) >= 11 is 0. The minimum Gasteiger partial charge on any atom is -0.489 e. The lowest BCUT2D eigenvalue weighted by molar-refractivity contribution is -0.0675. The summed E-state index contributed by atoms with van der Waals surface area (Å²) in [6.45, 7) is 4.44. The van der Waals surface area contributed by atoms with Crippen LogP contribution in [0.3, 0.4) is 0 Å². The molecule has 1 unspecified atom stereocenters. The van der Waals surface area contributed by atoms with E-state index >= 15 is 0 Å². The van der Waals surface area contributed by atoms with Crippen molar-refractivity contribution >= 4 is 5.78 Å². The first-order valence-corrected chi connectivity index (χ1v) is 9.90. The van der Waals surface area contributed by atoms with E-state index in [2.05, 4.69) is 0 Å². The fourth-order valence-corrected chi connectivity index (χ4v) is 2.99. The van der Waals surface area contributed by atoms with E-state index in [4.69, 9.17) is 14.2 Å². The molecule has 0 fully saturated rings. The van der Waals surface area contributed by atoms with Gasteiger partial charge in [-0.25, -0.2) is 0 Å². The van der Waals surface area contributed by atoms with E-state index in [1.807, 2.05) is 60.7 Å². The quantitative estimate of drug-likeness (QED) is 0.391. The molecule has 0 spiro atoms. The average Bonchev–Trinajstić information content (AvgIpc) is 2.78. The molecule has 0 aliphatic carbocycles. The molecular formula is C25H26O5. The Hall–Kier alpha value is -3.15. The van der Waals surface area contributed by atoms with E-state index in [1.165, 1.54) is 0 Å². The van der Waals surface area contributed by atoms with Crippen LogP contribution in [0.15, 0.2) is 72.8 Å². The maximum absolute atomic E-state index is 12.7. The van der Waals surface area contributed by atoms with Gasteiger partial charge in [0, 0.05) is 23.8 Å². The number of aliphatic hydroxyl groups is 1. The lowest BCUT2D eigenvalue weighted by atomic mass is 10.0. The second-order valence-corrected chi connectivity index (χ2v) is 6.81. The standard InChI is InChI=1S/C25H26O5/c1-3-28-25(27)24(26)22-14-21(29-16-19-10-6-4-7-11-19)15-23(18(22)2)30-17-20-12-8-5-9-13-20/h4-15,25,27H,3,16-17H2,1-2H3. The Balaban J connectivity index is 1.86. The number of hydrogen-bond donors (Lipinski definition) is 1. The van der Waals surface area contributed by atoms with Crippen molar-refractivity contribution < 1.29 is 24.1 Å². The molecule has 0 saturated heterocycles. The van der Waals surface area contributed by atoms with Crippen molar-refractivity contribution in [2.45, 2.75) is 33.4 Å². The second-order valence-electron chi connectivity index (χ2n) is 6.81. The monoisotopic (exact) mass is 406 g/mol. The number of rotatable bonds is 10. The van der Waals surface area contributed by atoms with E-state index < -0.39 is 12.1 Å². The predicted molar refractivity (Wildman–Crippen MR) is 115 cm³/mol. The maximum atomic E-state index is 12.7. The van der Waals surface area contributed by atoms with E-state index in [-0.39, 0.29) is 6.61 Å². The summed E-state index contributed by atoms with van der Waals surface area (Å²) in [7, 11) is 0. The summed E-state index contributed by atoms with van der Waals surface area (Å²) in [6, 6.07) is 22.9. The summed E-state index contributed by atoms with van der Waals surface area (Å²) < 4.78 is 17.0. The highest BCUT2D eigenvalue weighted by molar-refractivity contribution is 6.00. The van der Waals surface area contributed by atoms with Crippen LogP contribution in [-0.2, 0) is 18.0 Å². The molecule has 5 nitrogen and oxygen atoms in total. The number of carbonyl (C=O) groups excluding carboxylic acids is 1. The minimum atomic E-state index is -1.53. The highest BCUT2D eigenvalue weighted by Gasteiger charge is 2.22. The number of benzene rings is 3. The van der Waals surface area contributed by atoms with Crippen molar-refractivity contribution in [3.63, 3.8) is 0 Å². The Morgan fingerprint density at radius 3 is 2.03 bits per heavy atom. The first-order valence-electron chi connectivity index (χ1n) is 9.90. The van der Waals surface area contributed by atoms with Gasteiger partial charge in [0.05, 0.1) is 0 Å². The van der Waals surface area contributed by atoms with Crippen LogP contribution in [0.2, 0.25) is 0 Å². The van der Waals surface area contributed by atoms with Gasteiger partial charge in [-0.05, 0) is 31.0 Å². The van der Waals surface area contributed by atoms with Gasteiger partial charge in [0.1, 0.15) is 24.7 Å². The second kappa shape index (κ2) is 10.6. The van der Waals surface area contributed by atoms with Gasteiger partial charge in [-0.1, -0.05) is 60.7 Å². The molecule has 156 valence electrons. The van der Waals surface area contributed by atoms with Gasteiger partial charge in [-0.15, -0.1) is 0 Å². The molecule has 1 N–H and O–H groups in total. The van der Waals surface area contributed by atoms with Gasteiger partial charge in [0.25, 0.3) is 0 Å². The van der Waals surface area contributed by atoms with Crippen LogP contribution in [0.1, 0.15) is 34.0 Å². The molecule has 5 heteroatoms. The summed E-state index contributed by atoms with van der Waals surface area (Å²) in [6.07, 6.45) is -1.53. The molecule has 1 atom stereocenters. The molecule has 0 radical (unpaired) electrons. The topological polar surface area (TPSA) is 65.0 Å². The molecule has 3 aromatic rings. The number of ether oxygens (including phenoxy) is 3. The van der Waals surface area contributed by atoms with Crippen molar-refractivity contribution in [3.05, 3.63) is 95.1 Å².